The molecule has 1 heterocycles. The molecule has 0 radical (unpaired) electrons. The quantitative estimate of drug-likeness (QED) is 0.601. The maximum Gasteiger partial charge on any atom is 0.336 e. The highest BCUT2D eigenvalue weighted by molar-refractivity contribution is 5.99. The number of ether oxygens (including phenoxy) is 1. The smallest absolute Gasteiger partial charge is 0.336 e. The van der Waals surface area contributed by atoms with E-state index >= 15 is 0 Å². The zero-order chi connectivity index (χ0) is 12.3. The molecule has 0 saturated carbocycles. The molecule has 5 heteroatoms. The highest BCUT2D eigenvalue weighted by Gasteiger charge is 2.30. The molecule has 1 atom stereocenters. The molecule has 88 valence electrons. The second-order valence-corrected chi connectivity index (χ2v) is 3.72. The summed E-state index contributed by atoms with van der Waals surface area (Å²) in [4.78, 5) is 33.9. The monoisotopic (exact) mass is 233 g/mol. The third kappa shape index (κ3) is 2.69. The van der Waals surface area contributed by atoms with Gasteiger partial charge in [0.05, 0.1) is 0 Å². The summed E-state index contributed by atoms with van der Waals surface area (Å²) < 4.78 is 4.44. The van der Waals surface area contributed by atoms with E-state index in [4.69, 9.17) is 0 Å². The number of hydrogen-bond acceptors (Lipinski definition) is 4. The van der Waals surface area contributed by atoms with Gasteiger partial charge in [-0.1, -0.05) is 18.2 Å². The molecule has 0 aliphatic carbocycles. The zero-order valence-corrected chi connectivity index (χ0v) is 9.01. The average Bonchev–Trinajstić information content (AvgIpc) is 2.34. The Morgan fingerprint density at radius 1 is 1.24 bits per heavy atom. The number of rotatable bonds is 2. The lowest BCUT2D eigenvalue weighted by molar-refractivity contribution is -0.165. The van der Waals surface area contributed by atoms with Gasteiger partial charge in [0.2, 0.25) is 0 Å². The van der Waals surface area contributed by atoms with Crippen LogP contribution in [0.2, 0.25) is 0 Å². The van der Waals surface area contributed by atoms with Gasteiger partial charge in [-0.25, -0.2) is 4.79 Å². The molecule has 0 aromatic heterocycles. The SMILES string of the molecule is O=C1CC[C@H](NC(=O)c2ccccc2)C(=O)O1. The Morgan fingerprint density at radius 3 is 2.59 bits per heavy atom. The summed E-state index contributed by atoms with van der Waals surface area (Å²) >= 11 is 0. The molecule has 0 bridgehead atoms. The van der Waals surface area contributed by atoms with Crippen molar-refractivity contribution in [2.75, 3.05) is 0 Å². The standard InChI is InChI=1S/C12H11NO4/c14-10-7-6-9(12(16)17-10)13-11(15)8-4-2-1-3-5-8/h1-5,9H,6-7H2,(H,13,15)/t9-/m0/s1. The van der Waals surface area contributed by atoms with Gasteiger partial charge in [0.1, 0.15) is 6.04 Å². The Labute approximate surface area is 97.8 Å². The third-order valence-electron chi connectivity index (χ3n) is 2.48. The van der Waals surface area contributed by atoms with Crippen LogP contribution in [-0.4, -0.2) is 23.9 Å². The molecule has 2 rings (SSSR count). The van der Waals surface area contributed by atoms with Crippen LogP contribution in [0.3, 0.4) is 0 Å². The van der Waals surface area contributed by atoms with E-state index in [2.05, 4.69) is 10.1 Å². The number of hydrogen-bond donors (Lipinski definition) is 1. The van der Waals surface area contributed by atoms with Crippen molar-refractivity contribution in [1.82, 2.24) is 5.32 Å². The van der Waals surface area contributed by atoms with Crippen LogP contribution < -0.4 is 5.32 Å². The Kier molecular flexibility index (Phi) is 3.18. The first-order chi connectivity index (χ1) is 8.16. The second-order valence-electron chi connectivity index (χ2n) is 3.72. The summed E-state index contributed by atoms with van der Waals surface area (Å²) in [7, 11) is 0. The Bertz CT molecular complexity index is 455. The topological polar surface area (TPSA) is 72.5 Å². The normalized spacial score (nSPS) is 19.6. The third-order valence-corrected chi connectivity index (χ3v) is 2.48. The largest absolute Gasteiger partial charge is 0.392 e. The van der Waals surface area contributed by atoms with Crippen LogP contribution >= 0.6 is 0 Å². The molecule has 1 amide bonds. The van der Waals surface area contributed by atoms with Crippen LogP contribution in [0.5, 0.6) is 0 Å². The first-order valence-corrected chi connectivity index (χ1v) is 5.27. The number of amides is 1. The lowest BCUT2D eigenvalue weighted by Crippen LogP contribution is -2.45. The Morgan fingerprint density at radius 2 is 1.94 bits per heavy atom. The molecule has 1 N–H and O–H groups in total. The van der Waals surface area contributed by atoms with Gasteiger partial charge in [-0.2, -0.15) is 0 Å². The van der Waals surface area contributed by atoms with Crippen molar-refractivity contribution >= 4 is 17.8 Å². The maximum absolute atomic E-state index is 11.7. The molecule has 1 aliphatic rings. The summed E-state index contributed by atoms with van der Waals surface area (Å²) in [6, 6.07) is 7.82. The predicted octanol–water partition coefficient (Wildman–Crippen LogP) is 0.649. The number of carbonyl (C=O) groups is 3. The minimum absolute atomic E-state index is 0.144. The van der Waals surface area contributed by atoms with Crippen molar-refractivity contribution in [3.8, 4) is 0 Å². The van der Waals surface area contributed by atoms with E-state index in [1.54, 1.807) is 30.3 Å². The predicted molar refractivity (Wildman–Crippen MR) is 58.0 cm³/mol. The molecular formula is C12H11NO4. The summed E-state index contributed by atoms with van der Waals surface area (Å²) in [5.41, 5.74) is 0.470. The number of nitrogens with one attached hydrogen (secondary N) is 1. The van der Waals surface area contributed by atoms with Gasteiger partial charge in [-0.05, 0) is 18.6 Å². The van der Waals surface area contributed by atoms with E-state index in [0.29, 0.717) is 5.56 Å². The van der Waals surface area contributed by atoms with Crippen LogP contribution in [0.4, 0.5) is 0 Å². The number of carbonyl (C=O) groups excluding carboxylic acids is 3. The fourth-order valence-electron chi connectivity index (χ4n) is 1.58. The van der Waals surface area contributed by atoms with E-state index < -0.39 is 18.0 Å². The molecule has 17 heavy (non-hydrogen) atoms. The minimum atomic E-state index is -0.736. The van der Waals surface area contributed by atoms with Crippen molar-refractivity contribution in [3.63, 3.8) is 0 Å². The van der Waals surface area contributed by atoms with E-state index in [-0.39, 0.29) is 18.7 Å². The van der Waals surface area contributed by atoms with Crippen LogP contribution in [0.1, 0.15) is 23.2 Å². The second kappa shape index (κ2) is 4.78. The number of benzene rings is 1. The van der Waals surface area contributed by atoms with Crippen molar-refractivity contribution in [2.24, 2.45) is 0 Å². The molecule has 1 aromatic rings. The number of cyclic esters (lactones) is 2. The molecule has 1 saturated heterocycles. The zero-order valence-electron chi connectivity index (χ0n) is 9.01. The van der Waals surface area contributed by atoms with Crippen molar-refractivity contribution in [1.29, 1.82) is 0 Å². The van der Waals surface area contributed by atoms with Crippen LogP contribution in [0.25, 0.3) is 0 Å². The first kappa shape index (κ1) is 11.3. The van der Waals surface area contributed by atoms with Crippen LogP contribution in [0.15, 0.2) is 30.3 Å². The van der Waals surface area contributed by atoms with Gasteiger partial charge < -0.3 is 10.1 Å². The van der Waals surface area contributed by atoms with Gasteiger partial charge in [0, 0.05) is 12.0 Å². The van der Waals surface area contributed by atoms with Crippen LogP contribution in [-0.2, 0) is 14.3 Å². The van der Waals surface area contributed by atoms with E-state index in [0.717, 1.165) is 0 Å². The fraction of sp³-hybridized carbons (Fsp3) is 0.250. The minimum Gasteiger partial charge on any atom is -0.392 e. The highest BCUT2D eigenvalue weighted by Crippen LogP contribution is 2.10. The molecule has 0 spiro atoms. The van der Waals surface area contributed by atoms with Gasteiger partial charge >= 0.3 is 11.9 Å². The lowest BCUT2D eigenvalue weighted by atomic mass is 10.1. The summed E-state index contributed by atoms with van der Waals surface area (Å²) in [5.74, 6) is -1.58. The van der Waals surface area contributed by atoms with Gasteiger partial charge in [-0.15, -0.1) is 0 Å². The van der Waals surface area contributed by atoms with Crippen molar-refractivity contribution in [3.05, 3.63) is 35.9 Å². The average molecular weight is 233 g/mol. The molecule has 5 nitrogen and oxygen atoms in total. The molecule has 1 aliphatic heterocycles. The van der Waals surface area contributed by atoms with E-state index in [1.807, 2.05) is 0 Å². The Balaban J connectivity index is 2.00. The Hall–Kier alpha value is -2.17. The number of esters is 2. The lowest BCUT2D eigenvalue weighted by Gasteiger charge is -2.20. The van der Waals surface area contributed by atoms with Gasteiger partial charge in [0.25, 0.3) is 5.91 Å². The van der Waals surface area contributed by atoms with Gasteiger partial charge in [-0.3, -0.25) is 9.59 Å². The summed E-state index contributed by atoms with van der Waals surface area (Å²) in [5, 5.41) is 2.54. The maximum atomic E-state index is 11.7. The first-order valence-electron chi connectivity index (χ1n) is 5.27. The summed E-state index contributed by atoms with van der Waals surface area (Å²) in [6.07, 6.45) is 0.432. The molecular weight excluding hydrogens is 222 g/mol. The van der Waals surface area contributed by atoms with E-state index in [9.17, 15) is 14.4 Å². The molecule has 0 unspecified atom stereocenters. The van der Waals surface area contributed by atoms with Crippen molar-refractivity contribution in [2.45, 2.75) is 18.9 Å². The molecule has 1 aromatic carbocycles. The summed E-state index contributed by atoms with van der Waals surface area (Å²) in [6.45, 7) is 0. The van der Waals surface area contributed by atoms with Crippen LogP contribution in [0, 0.1) is 0 Å². The fourth-order valence-corrected chi connectivity index (χ4v) is 1.58. The highest BCUT2D eigenvalue weighted by atomic mass is 16.6. The van der Waals surface area contributed by atoms with Crippen molar-refractivity contribution < 1.29 is 19.1 Å². The molecule has 1 fully saturated rings. The van der Waals surface area contributed by atoms with E-state index in [1.165, 1.54) is 0 Å². The van der Waals surface area contributed by atoms with Gasteiger partial charge in [0.15, 0.2) is 0 Å².